The summed E-state index contributed by atoms with van der Waals surface area (Å²) in [6, 6.07) is 16.8. The van der Waals surface area contributed by atoms with Crippen molar-refractivity contribution in [3.63, 3.8) is 0 Å². The number of aromatic nitrogens is 1. The van der Waals surface area contributed by atoms with Gasteiger partial charge in [-0.2, -0.15) is 0 Å². The van der Waals surface area contributed by atoms with E-state index in [9.17, 15) is 9.59 Å². The van der Waals surface area contributed by atoms with Gasteiger partial charge in [-0.05, 0) is 49.2 Å². The summed E-state index contributed by atoms with van der Waals surface area (Å²) < 4.78 is 5.79. The van der Waals surface area contributed by atoms with Gasteiger partial charge in [0.25, 0.3) is 5.91 Å². The molecule has 1 aromatic heterocycles. The molecule has 2 aromatic carbocycles. The molecular weight excluding hydrogens is 410 g/mol. The summed E-state index contributed by atoms with van der Waals surface area (Å²) >= 11 is 1.44. The Bertz CT molecular complexity index is 1010. The number of thiazole rings is 1. The molecule has 1 heterocycles. The van der Waals surface area contributed by atoms with Crippen LogP contribution < -0.4 is 15.4 Å². The number of hydrogen-bond acceptors (Lipinski definition) is 5. The van der Waals surface area contributed by atoms with E-state index in [2.05, 4.69) is 15.6 Å². The monoisotopic (exact) mass is 435 g/mol. The SMILES string of the molecule is O=C(Cc1nc(COc2ccc(C(=O)NC3CCCC3)cc2)cs1)Nc1ccccc1. The molecule has 1 fully saturated rings. The zero-order valence-electron chi connectivity index (χ0n) is 17.2. The lowest BCUT2D eigenvalue weighted by Gasteiger charge is -2.12. The largest absolute Gasteiger partial charge is 0.487 e. The Kier molecular flexibility index (Phi) is 6.94. The lowest BCUT2D eigenvalue weighted by Crippen LogP contribution is -2.32. The second-order valence-electron chi connectivity index (χ2n) is 7.59. The minimum atomic E-state index is -0.0977. The zero-order chi connectivity index (χ0) is 21.5. The molecule has 6 nitrogen and oxygen atoms in total. The number of rotatable bonds is 8. The first kappa shape index (κ1) is 21.1. The van der Waals surface area contributed by atoms with Gasteiger partial charge in [0, 0.05) is 22.7 Å². The molecule has 4 rings (SSSR count). The fourth-order valence-corrected chi connectivity index (χ4v) is 4.34. The summed E-state index contributed by atoms with van der Waals surface area (Å²) in [5.74, 6) is 0.546. The Morgan fingerprint density at radius 3 is 2.52 bits per heavy atom. The first-order valence-electron chi connectivity index (χ1n) is 10.5. The Morgan fingerprint density at radius 2 is 1.77 bits per heavy atom. The van der Waals surface area contributed by atoms with Crippen LogP contribution in [0.3, 0.4) is 0 Å². The molecule has 3 aromatic rings. The van der Waals surface area contributed by atoms with Crippen molar-refractivity contribution in [2.24, 2.45) is 0 Å². The van der Waals surface area contributed by atoms with Crippen molar-refractivity contribution in [2.75, 3.05) is 5.32 Å². The fourth-order valence-electron chi connectivity index (χ4n) is 3.56. The summed E-state index contributed by atoms with van der Waals surface area (Å²) in [6.07, 6.45) is 4.73. The van der Waals surface area contributed by atoms with Gasteiger partial charge < -0.3 is 15.4 Å². The molecule has 160 valence electrons. The van der Waals surface area contributed by atoms with Gasteiger partial charge >= 0.3 is 0 Å². The molecule has 0 radical (unpaired) electrons. The van der Waals surface area contributed by atoms with Gasteiger partial charge in [0.05, 0.1) is 12.1 Å². The second kappa shape index (κ2) is 10.2. The van der Waals surface area contributed by atoms with Gasteiger partial charge in [0.1, 0.15) is 17.4 Å². The maximum absolute atomic E-state index is 12.3. The van der Waals surface area contributed by atoms with Gasteiger partial charge in [0.15, 0.2) is 0 Å². The number of nitrogens with one attached hydrogen (secondary N) is 2. The Labute approximate surface area is 185 Å². The van der Waals surface area contributed by atoms with E-state index in [0.717, 1.165) is 29.2 Å². The van der Waals surface area contributed by atoms with Gasteiger partial charge in [-0.1, -0.05) is 31.0 Å². The first-order chi connectivity index (χ1) is 15.2. The van der Waals surface area contributed by atoms with Crippen molar-refractivity contribution in [1.82, 2.24) is 10.3 Å². The summed E-state index contributed by atoms with van der Waals surface area (Å²) in [6.45, 7) is 0.310. The number of amides is 2. The third-order valence-corrected chi connectivity index (χ3v) is 6.06. The maximum Gasteiger partial charge on any atom is 0.251 e. The molecule has 1 aliphatic carbocycles. The highest BCUT2D eigenvalue weighted by Gasteiger charge is 2.18. The summed E-state index contributed by atoms with van der Waals surface area (Å²) in [5, 5.41) is 8.58. The van der Waals surface area contributed by atoms with E-state index in [1.165, 1.54) is 24.2 Å². The van der Waals surface area contributed by atoms with Gasteiger partial charge in [0.2, 0.25) is 5.91 Å². The van der Waals surface area contributed by atoms with Gasteiger partial charge in [-0.25, -0.2) is 4.98 Å². The number of para-hydroxylation sites is 1. The quantitative estimate of drug-likeness (QED) is 0.543. The maximum atomic E-state index is 12.3. The van der Waals surface area contributed by atoms with Crippen LogP contribution >= 0.6 is 11.3 Å². The molecule has 0 bridgehead atoms. The molecule has 2 N–H and O–H groups in total. The van der Waals surface area contributed by atoms with Crippen molar-refractivity contribution < 1.29 is 14.3 Å². The second-order valence-corrected chi connectivity index (χ2v) is 8.53. The van der Waals surface area contributed by atoms with E-state index in [1.54, 1.807) is 24.3 Å². The van der Waals surface area contributed by atoms with Crippen LogP contribution in [0.15, 0.2) is 60.0 Å². The molecule has 31 heavy (non-hydrogen) atoms. The van der Waals surface area contributed by atoms with Crippen LogP contribution in [0.5, 0.6) is 5.75 Å². The summed E-state index contributed by atoms with van der Waals surface area (Å²) in [4.78, 5) is 28.9. The smallest absolute Gasteiger partial charge is 0.251 e. The lowest BCUT2D eigenvalue weighted by molar-refractivity contribution is -0.115. The van der Waals surface area contributed by atoms with E-state index in [0.29, 0.717) is 24.0 Å². The van der Waals surface area contributed by atoms with Gasteiger partial charge in [-0.15, -0.1) is 11.3 Å². The van der Waals surface area contributed by atoms with Crippen LogP contribution in [0.2, 0.25) is 0 Å². The van der Waals surface area contributed by atoms with Crippen LogP contribution in [0.1, 0.15) is 46.7 Å². The molecule has 0 aliphatic heterocycles. The van der Waals surface area contributed by atoms with Crippen molar-refractivity contribution in [1.29, 1.82) is 0 Å². The van der Waals surface area contributed by atoms with E-state index in [1.807, 2.05) is 35.7 Å². The molecule has 7 heteroatoms. The van der Waals surface area contributed by atoms with Crippen LogP contribution in [0, 0.1) is 0 Å². The molecular formula is C24H25N3O3S. The minimum absolute atomic E-state index is 0.0311. The lowest BCUT2D eigenvalue weighted by atomic mass is 10.1. The van der Waals surface area contributed by atoms with E-state index in [4.69, 9.17) is 4.74 Å². The van der Waals surface area contributed by atoms with Crippen molar-refractivity contribution in [2.45, 2.75) is 44.8 Å². The molecule has 0 saturated heterocycles. The summed E-state index contributed by atoms with van der Waals surface area (Å²) in [7, 11) is 0. The summed E-state index contributed by atoms with van der Waals surface area (Å²) in [5.41, 5.74) is 2.18. The number of carbonyl (C=O) groups is 2. The molecule has 0 unspecified atom stereocenters. The predicted molar refractivity (Wildman–Crippen MR) is 121 cm³/mol. The number of benzene rings is 2. The molecule has 0 spiro atoms. The topological polar surface area (TPSA) is 80.3 Å². The standard InChI is InChI=1S/C24H25N3O3S/c28-22(25-18-6-2-1-3-7-18)14-23-26-20(16-31-23)15-30-21-12-10-17(11-13-21)24(29)27-19-8-4-5-9-19/h1-3,6-7,10-13,16,19H,4-5,8-9,14-15H2,(H,25,28)(H,27,29). The third-order valence-electron chi connectivity index (χ3n) is 5.16. The van der Waals surface area contributed by atoms with Crippen molar-refractivity contribution >= 4 is 28.8 Å². The Morgan fingerprint density at radius 1 is 1.03 bits per heavy atom. The predicted octanol–water partition coefficient (Wildman–Crippen LogP) is 4.58. The van der Waals surface area contributed by atoms with Crippen molar-refractivity contribution in [3.05, 3.63) is 76.2 Å². The average Bonchev–Trinajstić information content (AvgIpc) is 3.45. The normalized spacial score (nSPS) is 13.7. The number of anilines is 1. The number of ether oxygens (including phenoxy) is 1. The van der Waals surface area contributed by atoms with Crippen LogP contribution in [-0.4, -0.2) is 22.8 Å². The zero-order valence-corrected chi connectivity index (χ0v) is 18.0. The van der Waals surface area contributed by atoms with Crippen LogP contribution in [-0.2, 0) is 17.8 Å². The highest BCUT2D eigenvalue weighted by Crippen LogP contribution is 2.20. The minimum Gasteiger partial charge on any atom is -0.487 e. The van der Waals surface area contributed by atoms with Gasteiger partial charge in [-0.3, -0.25) is 9.59 Å². The molecule has 2 amide bonds. The fraction of sp³-hybridized carbons (Fsp3) is 0.292. The highest BCUT2D eigenvalue weighted by atomic mass is 32.1. The number of carbonyl (C=O) groups excluding carboxylic acids is 2. The highest BCUT2D eigenvalue weighted by molar-refractivity contribution is 7.09. The van der Waals surface area contributed by atoms with E-state index < -0.39 is 0 Å². The molecule has 0 atom stereocenters. The first-order valence-corrected chi connectivity index (χ1v) is 11.4. The average molecular weight is 436 g/mol. The Balaban J connectivity index is 1.24. The third kappa shape index (κ3) is 6.15. The number of nitrogens with zero attached hydrogens (tertiary/aromatic N) is 1. The van der Waals surface area contributed by atoms with Crippen LogP contribution in [0.4, 0.5) is 5.69 Å². The number of hydrogen-bond donors (Lipinski definition) is 2. The Hall–Kier alpha value is -3.19. The van der Waals surface area contributed by atoms with E-state index in [-0.39, 0.29) is 18.2 Å². The molecule has 1 saturated carbocycles. The van der Waals surface area contributed by atoms with Crippen molar-refractivity contribution in [3.8, 4) is 5.75 Å². The van der Waals surface area contributed by atoms with E-state index >= 15 is 0 Å². The molecule has 1 aliphatic rings. The van der Waals surface area contributed by atoms with Crippen LogP contribution in [0.25, 0.3) is 0 Å².